The van der Waals surface area contributed by atoms with Crippen molar-refractivity contribution in [3.63, 3.8) is 0 Å². The topological polar surface area (TPSA) is 92.5 Å². The molecule has 8 heteroatoms. The van der Waals surface area contributed by atoms with Crippen molar-refractivity contribution in [3.05, 3.63) is 63.7 Å². The first-order valence-corrected chi connectivity index (χ1v) is 10.4. The smallest absolute Gasteiger partial charge is 0.270 e. The number of nitrogens with zero attached hydrogens (tertiary/aromatic N) is 2. The van der Waals surface area contributed by atoms with Crippen molar-refractivity contribution in [3.8, 4) is 0 Å². The van der Waals surface area contributed by atoms with Gasteiger partial charge in [-0.25, -0.2) is 8.42 Å². The van der Waals surface area contributed by atoms with Crippen LogP contribution >= 0.6 is 0 Å². The Labute approximate surface area is 159 Å². The molecule has 0 aromatic heterocycles. The number of hydrogen-bond donors (Lipinski definition) is 1. The highest BCUT2D eigenvalue weighted by Gasteiger charge is 2.31. The molecule has 3 rings (SSSR count). The molecule has 0 aliphatic carbocycles. The van der Waals surface area contributed by atoms with E-state index < -0.39 is 14.9 Å². The third-order valence-electron chi connectivity index (χ3n) is 4.89. The zero-order valence-electron chi connectivity index (χ0n) is 15.4. The molecule has 1 fully saturated rings. The fourth-order valence-corrected chi connectivity index (χ4v) is 5.10. The molecule has 27 heavy (non-hydrogen) atoms. The molecule has 7 nitrogen and oxygen atoms in total. The third kappa shape index (κ3) is 3.96. The van der Waals surface area contributed by atoms with E-state index in [-0.39, 0.29) is 16.6 Å². The predicted molar refractivity (Wildman–Crippen MR) is 104 cm³/mol. The lowest BCUT2D eigenvalue weighted by atomic mass is 10.0. The van der Waals surface area contributed by atoms with Crippen molar-refractivity contribution in [1.82, 2.24) is 4.31 Å². The maximum Gasteiger partial charge on any atom is 0.270 e. The van der Waals surface area contributed by atoms with E-state index in [1.54, 1.807) is 0 Å². The largest absolute Gasteiger partial charge is 0.377 e. The van der Waals surface area contributed by atoms with Crippen molar-refractivity contribution < 1.29 is 13.3 Å². The van der Waals surface area contributed by atoms with Gasteiger partial charge < -0.3 is 5.32 Å². The van der Waals surface area contributed by atoms with Crippen LogP contribution in [0.15, 0.2) is 47.4 Å². The summed E-state index contributed by atoms with van der Waals surface area (Å²) in [5.74, 6) is 0. The van der Waals surface area contributed by atoms with Gasteiger partial charge in [0, 0.05) is 31.3 Å². The van der Waals surface area contributed by atoms with Gasteiger partial charge in [0.2, 0.25) is 10.0 Å². The summed E-state index contributed by atoms with van der Waals surface area (Å²) in [4.78, 5) is 10.6. The van der Waals surface area contributed by atoms with Crippen LogP contribution in [-0.2, 0) is 10.0 Å². The van der Waals surface area contributed by atoms with Gasteiger partial charge in [-0.1, -0.05) is 24.3 Å². The van der Waals surface area contributed by atoms with E-state index in [1.807, 2.05) is 38.1 Å². The van der Waals surface area contributed by atoms with Gasteiger partial charge in [0.25, 0.3) is 5.69 Å². The zero-order valence-corrected chi connectivity index (χ0v) is 16.2. The maximum absolute atomic E-state index is 13.1. The number of rotatable bonds is 6. The molecule has 1 aliphatic rings. The van der Waals surface area contributed by atoms with Crippen LogP contribution in [0.3, 0.4) is 0 Å². The number of sulfonamides is 1. The second-order valence-corrected chi connectivity index (χ2v) is 8.68. The third-order valence-corrected chi connectivity index (χ3v) is 6.82. The molecule has 1 atom stereocenters. The maximum atomic E-state index is 13.1. The summed E-state index contributed by atoms with van der Waals surface area (Å²) in [7, 11) is -3.80. The minimum atomic E-state index is -3.80. The van der Waals surface area contributed by atoms with Crippen LogP contribution < -0.4 is 5.32 Å². The lowest BCUT2D eigenvalue weighted by Crippen LogP contribution is -2.28. The standard InChI is InChI=1S/C19H23N3O4S/c1-14-7-3-4-8-17(14)15(2)20-18-10-9-16(22(23)24)13-19(18)27(25,26)21-11-5-6-12-21/h3-4,7-10,13,15,20H,5-6,11-12H2,1-2H3. The minimum absolute atomic E-state index is 0.0426. The Kier molecular flexibility index (Phi) is 5.48. The molecular weight excluding hydrogens is 366 g/mol. The monoisotopic (exact) mass is 389 g/mol. The average molecular weight is 389 g/mol. The lowest BCUT2D eigenvalue weighted by Gasteiger charge is -2.22. The molecular formula is C19H23N3O4S. The molecule has 1 saturated heterocycles. The molecule has 2 aromatic carbocycles. The summed E-state index contributed by atoms with van der Waals surface area (Å²) in [6, 6.07) is 11.7. The van der Waals surface area contributed by atoms with Gasteiger partial charge in [0.05, 0.1) is 10.6 Å². The molecule has 1 unspecified atom stereocenters. The fourth-order valence-electron chi connectivity index (χ4n) is 3.41. The van der Waals surface area contributed by atoms with Crippen molar-refractivity contribution in [2.75, 3.05) is 18.4 Å². The highest BCUT2D eigenvalue weighted by molar-refractivity contribution is 7.89. The summed E-state index contributed by atoms with van der Waals surface area (Å²) < 4.78 is 27.6. The molecule has 1 aliphatic heterocycles. The minimum Gasteiger partial charge on any atom is -0.377 e. The first-order chi connectivity index (χ1) is 12.8. The number of nitro benzene ring substituents is 1. The number of hydrogen-bond acceptors (Lipinski definition) is 5. The van der Waals surface area contributed by atoms with Crippen molar-refractivity contribution in [2.45, 2.75) is 37.6 Å². The second kappa shape index (κ2) is 7.66. The summed E-state index contributed by atoms with van der Waals surface area (Å²) in [5.41, 5.74) is 2.27. The Morgan fingerprint density at radius 1 is 1.15 bits per heavy atom. The Morgan fingerprint density at radius 3 is 2.44 bits per heavy atom. The summed E-state index contributed by atoms with van der Waals surface area (Å²) in [5, 5.41) is 14.4. The van der Waals surface area contributed by atoms with E-state index >= 15 is 0 Å². The van der Waals surface area contributed by atoms with E-state index in [2.05, 4.69) is 5.32 Å². The first kappa shape index (κ1) is 19.3. The van der Waals surface area contributed by atoms with Gasteiger partial charge in [0.15, 0.2) is 0 Å². The highest BCUT2D eigenvalue weighted by atomic mass is 32.2. The van der Waals surface area contributed by atoms with Gasteiger partial charge in [0.1, 0.15) is 4.90 Å². The van der Waals surface area contributed by atoms with Crippen molar-refractivity contribution in [1.29, 1.82) is 0 Å². The Balaban J connectivity index is 2.02. The SMILES string of the molecule is Cc1ccccc1C(C)Nc1ccc([N+](=O)[O-])cc1S(=O)(=O)N1CCCC1. The van der Waals surface area contributed by atoms with E-state index in [1.165, 1.54) is 16.4 Å². The van der Waals surface area contributed by atoms with Gasteiger partial charge in [-0.05, 0) is 43.9 Å². The summed E-state index contributed by atoms with van der Waals surface area (Å²) >= 11 is 0. The molecule has 0 bridgehead atoms. The molecule has 0 radical (unpaired) electrons. The van der Waals surface area contributed by atoms with Gasteiger partial charge in [-0.3, -0.25) is 10.1 Å². The normalized spacial score (nSPS) is 16.2. The van der Waals surface area contributed by atoms with Crippen LogP contribution in [0.1, 0.15) is 36.9 Å². The van der Waals surface area contributed by atoms with Crippen LogP contribution in [0.4, 0.5) is 11.4 Å². The van der Waals surface area contributed by atoms with E-state index in [0.717, 1.165) is 30.0 Å². The Hall–Kier alpha value is -2.45. The van der Waals surface area contributed by atoms with Crippen LogP contribution in [0.25, 0.3) is 0 Å². The lowest BCUT2D eigenvalue weighted by molar-refractivity contribution is -0.385. The van der Waals surface area contributed by atoms with E-state index in [0.29, 0.717) is 18.8 Å². The van der Waals surface area contributed by atoms with Crippen LogP contribution in [0, 0.1) is 17.0 Å². The zero-order chi connectivity index (χ0) is 19.6. The quantitative estimate of drug-likeness (QED) is 0.598. The first-order valence-electron chi connectivity index (χ1n) is 8.91. The second-order valence-electron chi connectivity index (χ2n) is 6.77. The van der Waals surface area contributed by atoms with Gasteiger partial charge in [-0.15, -0.1) is 0 Å². The van der Waals surface area contributed by atoms with E-state index in [9.17, 15) is 18.5 Å². The van der Waals surface area contributed by atoms with Gasteiger partial charge >= 0.3 is 0 Å². The van der Waals surface area contributed by atoms with Crippen LogP contribution in [0.2, 0.25) is 0 Å². The molecule has 0 spiro atoms. The predicted octanol–water partition coefficient (Wildman–Crippen LogP) is 3.86. The number of nitrogens with one attached hydrogen (secondary N) is 1. The molecule has 2 aromatic rings. The average Bonchev–Trinajstić information content (AvgIpc) is 3.17. The van der Waals surface area contributed by atoms with Crippen molar-refractivity contribution >= 4 is 21.4 Å². The Morgan fingerprint density at radius 2 is 1.81 bits per heavy atom. The number of benzene rings is 2. The molecule has 144 valence electrons. The summed E-state index contributed by atoms with van der Waals surface area (Å²) in [6.07, 6.45) is 1.60. The highest BCUT2D eigenvalue weighted by Crippen LogP contribution is 2.33. The molecule has 0 saturated carbocycles. The fraction of sp³-hybridized carbons (Fsp3) is 0.368. The molecule has 1 N–H and O–H groups in total. The van der Waals surface area contributed by atoms with Crippen LogP contribution in [-0.4, -0.2) is 30.7 Å². The molecule has 0 amide bonds. The summed E-state index contributed by atoms with van der Waals surface area (Å²) in [6.45, 7) is 4.82. The number of aryl methyl sites for hydroxylation is 1. The van der Waals surface area contributed by atoms with Crippen molar-refractivity contribution in [2.24, 2.45) is 0 Å². The Bertz CT molecular complexity index is 953. The van der Waals surface area contributed by atoms with Crippen LogP contribution in [0.5, 0.6) is 0 Å². The van der Waals surface area contributed by atoms with Gasteiger partial charge in [-0.2, -0.15) is 4.31 Å². The molecule has 1 heterocycles. The van der Waals surface area contributed by atoms with E-state index in [4.69, 9.17) is 0 Å². The number of anilines is 1. The number of non-ortho nitro benzene ring substituents is 1. The number of nitro groups is 1.